The largest absolute Gasteiger partial charge is 0.444 e. The maximum Gasteiger partial charge on any atom is 0.416 e. The maximum atomic E-state index is 15.1. The van der Waals surface area contributed by atoms with Crippen molar-refractivity contribution in [2.75, 3.05) is 39.3 Å². The summed E-state index contributed by atoms with van der Waals surface area (Å²) in [6.45, 7) is 8.56. The Balaban J connectivity index is 1.20. The average Bonchev–Trinajstić information content (AvgIpc) is 3.34. The van der Waals surface area contributed by atoms with E-state index in [0.29, 0.717) is 68.8 Å². The molecule has 1 fully saturated rings. The summed E-state index contributed by atoms with van der Waals surface area (Å²) >= 11 is 0. The van der Waals surface area contributed by atoms with Gasteiger partial charge in [-0.2, -0.15) is 13.2 Å². The van der Waals surface area contributed by atoms with Crippen LogP contribution in [0.15, 0.2) is 42.5 Å². The molecule has 2 aliphatic rings. The summed E-state index contributed by atoms with van der Waals surface area (Å²) in [5.74, 6) is -0.638. The van der Waals surface area contributed by atoms with Crippen LogP contribution in [0, 0.1) is 5.82 Å². The highest BCUT2D eigenvalue weighted by atomic mass is 19.4. The number of halogens is 4. The fourth-order valence-electron chi connectivity index (χ4n) is 5.10. The lowest BCUT2D eigenvalue weighted by Crippen LogP contribution is -2.48. The second kappa shape index (κ2) is 11.4. The standard InChI is InChI=1S/C30H33F4N5O3/c1-29(2,3)42-28(41)39-10-8-20(9-11-39)22-16-24-25(17-23(22)31)36-26(35-24)27(40)38-14-12-37(13-15-38)18-19-4-6-21(7-5-19)30(32,33)34/h4-8,16-17H,9-15,18H2,1-3H3,(H,35,36). The molecule has 224 valence electrons. The number of amides is 2. The van der Waals surface area contributed by atoms with E-state index in [1.807, 2.05) is 6.08 Å². The van der Waals surface area contributed by atoms with Crippen LogP contribution in [0.1, 0.15) is 54.5 Å². The molecule has 0 aliphatic carbocycles. The van der Waals surface area contributed by atoms with Crippen molar-refractivity contribution in [3.63, 3.8) is 0 Å². The van der Waals surface area contributed by atoms with E-state index < -0.39 is 29.3 Å². The molecule has 12 heteroatoms. The molecule has 5 rings (SSSR count). The normalized spacial score (nSPS) is 17.0. The van der Waals surface area contributed by atoms with Crippen molar-refractivity contribution in [2.24, 2.45) is 0 Å². The van der Waals surface area contributed by atoms with E-state index in [9.17, 15) is 22.8 Å². The number of imidazole rings is 1. The van der Waals surface area contributed by atoms with Crippen LogP contribution in [0.5, 0.6) is 0 Å². The van der Waals surface area contributed by atoms with Gasteiger partial charge in [-0.25, -0.2) is 14.2 Å². The van der Waals surface area contributed by atoms with E-state index in [-0.39, 0.29) is 11.7 Å². The topological polar surface area (TPSA) is 81.8 Å². The van der Waals surface area contributed by atoms with Gasteiger partial charge in [0.2, 0.25) is 0 Å². The molecule has 2 aliphatic heterocycles. The Morgan fingerprint density at radius 2 is 1.67 bits per heavy atom. The van der Waals surface area contributed by atoms with Crippen LogP contribution < -0.4 is 0 Å². The molecule has 0 bridgehead atoms. The van der Waals surface area contributed by atoms with E-state index in [0.717, 1.165) is 23.3 Å². The van der Waals surface area contributed by atoms with Crippen LogP contribution in [0.25, 0.3) is 16.6 Å². The lowest BCUT2D eigenvalue weighted by Gasteiger charge is -2.34. The molecule has 1 saturated heterocycles. The molecule has 0 radical (unpaired) electrons. The van der Waals surface area contributed by atoms with Crippen molar-refractivity contribution in [1.29, 1.82) is 0 Å². The number of alkyl halides is 3. The summed E-state index contributed by atoms with van der Waals surface area (Å²) in [6, 6.07) is 8.06. The number of carbonyl (C=O) groups excluding carboxylic acids is 2. The highest BCUT2D eigenvalue weighted by Gasteiger charge is 2.30. The molecule has 2 amide bonds. The van der Waals surface area contributed by atoms with Gasteiger partial charge >= 0.3 is 12.3 Å². The highest BCUT2D eigenvalue weighted by Crippen LogP contribution is 2.30. The molecule has 3 heterocycles. The zero-order valence-corrected chi connectivity index (χ0v) is 23.7. The van der Waals surface area contributed by atoms with E-state index in [1.54, 1.807) is 36.6 Å². The zero-order valence-electron chi connectivity index (χ0n) is 23.7. The minimum atomic E-state index is -4.37. The number of rotatable bonds is 4. The Bertz CT molecular complexity index is 1500. The second-order valence-electron chi connectivity index (χ2n) is 11.6. The number of nitrogens with one attached hydrogen (secondary N) is 1. The number of hydrogen-bond acceptors (Lipinski definition) is 5. The third-order valence-corrected chi connectivity index (χ3v) is 7.33. The van der Waals surface area contributed by atoms with Gasteiger partial charge in [-0.3, -0.25) is 9.69 Å². The predicted molar refractivity (Wildman–Crippen MR) is 149 cm³/mol. The Labute approximate surface area is 240 Å². The number of H-pyrrole nitrogens is 1. The molecule has 42 heavy (non-hydrogen) atoms. The number of nitrogens with zero attached hydrogens (tertiary/aromatic N) is 4. The van der Waals surface area contributed by atoms with Crippen LogP contribution in [0.4, 0.5) is 22.4 Å². The highest BCUT2D eigenvalue weighted by molar-refractivity contribution is 5.95. The van der Waals surface area contributed by atoms with Gasteiger partial charge in [-0.15, -0.1) is 0 Å². The van der Waals surface area contributed by atoms with E-state index in [1.165, 1.54) is 18.2 Å². The Morgan fingerprint density at radius 3 is 2.26 bits per heavy atom. The van der Waals surface area contributed by atoms with Gasteiger partial charge < -0.3 is 19.5 Å². The summed E-state index contributed by atoms with van der Waals surface area (Å²) < 4.78 is 59.0. The summed E-state index contributed by atoms with van der Waals surface area (Å²) in [5, 5.41) is 0. The maximum absolute atomic E-state index is 15.1. The number of aromatic nitrogens is 2. The smallest absolute Gasteiger partial charge is 0.416 e. The van der Waals surface area contributed by atoms with Crippen molar-refractivity contribution in [3.8, 4) is 0 Å². The predicted octanol–water partition coefficient (Wildman–Crippen LogP) is 5.70. The first kappa shape index (κ1) is 29.6. The van der Waals surface area contributed by atoms with Crippen molar-refractivity contribution >= 4 is 28.6 Å². The SMILES string of the molecule is CC(C)(C)OC(=O)N1CC=C(c2cc3[nH]c(C(=O)N4CCN(Cc5ccc(C(F)(F)F)cc5)CC4)nc3cc2F)CC1. The van der Waals surface area contributed by atoms with Gasteiger partial charge in [0.1, 0.15) is 11.4 Å². The lowest BCUT2D eigenvalue weighted by atomic mass is 9.98. The van der Waals surface area contributed by atoms with Crippen molar-refractivity contribution in [2.45, 2.75) is 45.5 Å². The molecule has 0 spiro atoms. The summed E-state index contributed by atoms with van der Waals surface area (Å²) in [5.41, 5.74) is 1.52. The van der Waals surface area contributed by atoms with Gasteiger partial charge in [0.05, 0.1) is 16.6 Å². The first-order valence-corrected chi connectivity index (χ1v) is 13.8. The molecule has 2 aromatic carbocycles. The van der Waals surface area contributed by atoms with Gasteiger partial charge in [-0.1, -0.05) is 18.2 Å². The van der Waals surface area contributed by atoms with E-state index >= 15 is 4.39 Å². The van der Waals surface area contributed by atoms with Crippen LogP contribution in [-0.2, 0) is 17.5 Å². The minimum Gasteiger partial charge on any atom is -0.444 e. The number of piperazine rings is 1. The third-order valence-electron chi connectivity index (χ3n) is 7.33. The minimum absolute atomic E-state index is 0.117. The van der Waals surface area contributed by atoms with E-state index in [2.05, 4.69) is 14.9 Å². The average molecular weight is 588 g/mol. The number of fused-ring (bicyclic) bond motifs is 1. The van der Waals surface area contributed by atoms with Crippen LogP contribution in [0.3, 0.4) is 0 Å². The Morgan fingerprint density at radius 1 is 0.976 bits per heavy atom. The number of hydrogen-bond donors (Lipinski definition) is 1. The molecule has 8 nitrogen and oxygen atoms in total. The number of ether oxygens (including phenoxy) is 1. The second-order valence-corrected chi connectivity index (χ2v) is 11.6. The molecule has 3 aromatic rings. The molecule has 1 aromatic heterocycles. The first-order chi connectivity index (χ1) is 19.8. The quantitative estimate of drug-likeness (QED) is 0.396. The third kappa shape index (κ3) is 6.75. The van der Waals surface area contributed by atoms with Crippen LogP contribution in [-0.4, -0.2) is 81.5 Å². The summed E-state index contributed by atoms with van der Waals surface area (Å²) in [6.07, 6.45) is -2.51. The summed E-state index contributed by atoms with van der Waals surface area (Å²) in [7, 11) is 0. The van der Waals surface area contributed by atoms with Gasteiger partial charge in [0, 0.05) is 57.4 Å². The van der Waals surface area contributed by atoms with Crippen LogP contribution in [0.2, 0.25) is 0 Å². The van der Waals surface area contributed by atoms with E-state index in [4.69, 9.17) is 4.74 Å². The Kier molecular flexibility index (Phi) is 8.02. The molecule has 0 atom stereocenters. The number of aromatic amines is 1. The van der Waals surface area contributed by atoms with Gasteiger partial charge in [0.15, 0.2) is 5.82 Å². The number of carbonyl (C=O) groups is 2. The zero-order chi connectivity index (χ0) is 30.2. The number of benzene rings is 2. The van der Waals surface area contributed by atoms with Crippen LogP contribution >= 0.6 is 0 Å². The fourth-order valence-corrected chi connectivity index (χ4v) is 5.10. The van der Waals surface area contributed by atoms with Crippen molar-refractivity contribution in [1.82, 2.24) is 24.7 Å². The van der Waals surface area contributed by atoms with Crippen molar-refractivity contribution < 1.29 is 31.9 Å². The Hall–Kier alpha value is -3.93. The fraction of sp³-hybridized carbons (Fsp3) is 0.433. The summed E-state index contributed by atoms with van der Waals surface area (Å²) in [4.78, 5) is 38.2. The first-order valence-electron chi connectivity index (χ1n) is 13.8. The molecule has 0 saturated carbocycles. The van der Waals surface area contributed by atoms with Gasteiger partial charge in [0.25, 0.3) is 5.91 Å². The lowest BCUT2D eigenvalue weighted by molar-refractivity contribution is -0.137. The van der Waals surface area contributed by atoms with Gasteiger partial charge in [-0.05, 0) is 56.5 Å². The molecule has 1 N–H and O–H groups in total. The molecular formula is C30H33F4N5O3. The monoisotopic (exact) mass is 587 g/mol. The molecule has 0 unspecified atom stereocenters. The van der Waals surface area contributed by atoms with Crippen molar-refractivity contribution in [3.05, 3.63) is 70.8 Å². The molecular weight excluding hydrogens is 554 g/mol.